The SMILES string of the molecule is O=S(=O)(Oc1cccc(F)c1)n1ncc2ccccc21. The second-order valence-corrected chi connectivity index (χ2v) is 5.41. The molecule has 3 rings (SSSR count). The third kappa shape index (κ3) is 2.23. The summed E-state index contributed by atoms with van der Waals surface area (Å²) in [6.45, 7) is 0. The fourth-order valence-corrected chi connectivity index (χ4v) is 2.79. The average Bonchev–Trinajstić information content (AvgIpc) is 2.82. The summed E-state index contributed by atoms with van der Waals surface area (Å²) in [6.07, 6.45) is 1.42. The van der Waals surface area contributed by atoms with Crippen molar-refractivity contribution < 1.29 is 17.0 Å². The molecule has 0 aliphatic rings. The van der Waals surface area contributed by atoms with Crippen LogP contribution in [0.5, 0.6) is 5.75 Å². The molecule has 5 nitrogen and oxygen atoms in total. The van der Waals surface area contributed by atoms with Crippen LogP contribution in [0.3, 0.4) is 0 Å². The zero-order valence-electron chi connectivity index (χ0n) is 10.1. The van der Waals surface area contributed by atoms with Crippen LogP contribution in [0.2, 0.25) is 0 Å². The number of rotatable bonds is 3. The fraction of sp³-hybridized carbons (Fsp3) is 0. The first kappa shape index (κ1) is 12.6. The Labute approximate surface area is 114 Å². The lowest BCUT2D eigenvalue weighted by Crippen LogP contribution is -2.20. The van der Waals surface area contributed by atoms with E-state index in [0.717, 1.165) is 10.2 Å². The molecule has 0 aliphatic heterocycles. The van der Waals surface area contributed by atoms with Crippen LogP contribution in [0.25, 0.3) is 10.9 Å². The molecule has 102 valence electrons. The third-order valence-corrected chi connectivity index (χ3v) is 3.77. The minimum Gasteiger partial charge on any atom is -0.365 e. The molecule has 0 N–H and O–H groups in total. The molecule has 0 spiro atoms. The van der Waals surface area contributed by atoms with Gasteiger partial charge in [-0.2, -0.15) is 13.5 Å². The Morgan fingerprint density at radius 3 is 2.70 bits per heavy atom. The zero-order valence-corrected chi connectivity index (χ0v) is 10.9. The van der Waals surface area contributed by atoms with Crippen LogP contribution in [-0.2, 0) is 10.3 Å². The average molecular weight is 292 g/mol. The maximum atomic E-state index is 13.0. The maximum Gasteiger partial charge on any atom is 0.429 e. The highest BCUT2D eigenvalue weighted by Gasteiger charge is 2.19. The highest BCUT2D eigenvalue weighted by molar-refractivity contribution is 7.85. The summed E-state index contributed by atoms with van der Waals surface area (Å²) in [5, 5.41) is 4.46. The number of fused-ring (bicyclic) bond motifs is 1. The van der Waals surface area contributed by atoms with E-state index in [2.05, 4.69) is 5.10 Å². The van der Waals surface area contributed by atoms with Crippen molar-refractivity contribution in [3.05, 3.63) is 60.5 Å². The van der Waals surface area contributed by atoms with Crippen molar-refractivity contribution in [2.75, 3.05) is 0 Å². The summed E-state index contributed by atoms with van der Waals surface area (Å²) < 4.78 is 43.0. The van der Waals surface area contributed by atoms with E-state index >= 15 is 0 Å². The van der Waals surface area contributed by atoms with E-state index in [0.29, 0.717) is 10.9 Å². The van der Waals surface area contributed by atoms with E-state index in [1.165, 1.54) is 24.4 Å². The molecule has 0 unspecified atom stereocenters. The van der Waals surface area contributed by atoms with Crippen molar-refractivity contribution in [1.82, 2.24) is 9.19 Å². The van der Waals surface area contributed by atoms with Gasteiger partial charge >= 0.3 is 10.3 Å². The summed E-state index contributed by atoms with van der Waals surface area (Å²) in [7, 11) is -4.17. The number of benzene rings is 2. The summed E-state index contributed by atoms with van der Waals surface area (Å²) in [5.41, 5.74) is 0.393. The molecule has 0 amide bonds. The van der Waals surface area contributed by atoms with E-state index in [1.54, 1.807) is 24.3 Å². The predicted molar refractivity (Wildman–Crippen MR) is 71.1 cm³/mol. The standard InChI is InChI=1S/C13H9FN2O3S/c14-11-5-3-6-12(8-11)19-20(17,18)16-13-7-2-1-4-10(13)9-15-16/h1-9H. The molecular formula is C13H9FN2O3S. The molecule has 3 aromatic rings. The van der Waals surface area contributed by atoms with Crippen LogP contribution in [0, 0.1) is 5.82 Å². The molecule has 2 aromatic carbocycles. The quantitative estimate of drug-likeness (QED) is 0.743. The Bertz CT molecular complexity index is 874. The highest BCUT2D eigenvalue weighted by atomic mass is 32.2. The Kier molecular flexibility index (Phi) is 2.90. The second-order valence-electron chi connectivity index (χ2n) is 4.04. The fourth-order valence-electron chi connectivity index (χ4n) is 1.80. The number of para-hydroxylation sites is 1. The first-order valence-corrected chi connectivity index (χ1v) is 7.06. The largest absolute Gasteiger partial charge is 0.429 e. The van der Waals surface area contributed by atoms with Crippen LogP contribution < -0.4 is 4.18 Å². The van der Waals surface area contributed by atoms with Gasteiger partial charge in [0.25, 0.3) is 0 Å². The van der Waals surface area contributed by atoms with Crippen molar-refractivity contribution in [3.63, 3.8) is 0 Å². The zero-order chi connectivity index (χ0) is 14.2. The van der Waals surface area contributed by atoms with Crippen molar-refractivity contribution in [1.29, 1.82) is 0 Å². The van der Waals surface area contributed by atoms with Gasteiger partial charge in [-0.15, -0.1) is 4.09 Å². The molecule has 1 heterocycles. The van der Waals surface area contributed by atoms with Crippen LogP contribution in [0.1, 0.15) is 0 Å². The number of nitrogens with zero attached hydrogens (tertiary/aromatic N) is 2. The molecule has 0 saturated carbocycles. The molecule has 0 aliphatic carbocycles. The van der Waals surface area contributed by atoms with E-state index in [1.807, 2.05) is 0 Å². The molecule has 0 fully saturated rings. The smallest absolute Gasteiger partial charge is 0.365 e. The number of halogens is 1. The Morgan fingerprint density at radius 1 is 1.10 bits per heavy atom. The normalized spacial score (nSPS) is 11.7. The molecule has 1 aromatic heterocycles. The highest BCUT2D eigenvalue weighted by Crippen LogP contribution is 2.19. The molecule has 0 radical (unpaired) electrons. The van der Waals surface area contributed by atoms with Crippen LogP contribution in [0.15, 0.2) is 54.7 Å². The lowest BCUT2D eigenvalue weighted by atomic mass is 10.3. The number of aromatic nitrogens is 2. The summed E-state index contributed by atoms with van der Waals surface area (Å²) in [6, 6.07) is 11.7. The molecule has 0 bridgehead atoms. The Morgan fingerprint density at radius 2 is 1.90 bits per heavy atom. The Balaban J connectivity index is 2.04. The van der Waals surface area contributed by atoms with E-state index in [4.69, 9.17) is 4.18 Å². The maximum absolute atomic E-state index is 13.0. The van der Waals surface area contributed by atoms with Crippen molar-refractivity contribution >= 4 is 21.2 Å². The Hall–Kier alpha value is -2.41. The molecule has 0 saturated heterocycles. The lowest BCUT2D eigenvalue weighted by Gasteiger charge is -2.07. The van der Waals surface area contributed by atoms with Crippen LogP contribution >= 0.6 is 0 Å². The van der Waals surface area contributed by atoms with Gasteiger partial charge < -0.3 is 4.18 Å². The number of hydrogen-bond donors (Lipinski definition) is 0. The summed E-state index contributed by atoms with van der Waals surface area (Å²) >= 11 is 0. The van der Waals surface area contributed by atoms with Gasteiger partial charge in [0.05, 0.1) is 11.7 Å². The van der Waals surface area contributed by atoms with Gasteiger partial charge in [0.2, 0.25) is 0 Å². The van der Waals surface area contributed by atoms with Crippen LogP contribution in [-0.4, -0.2) is 17.6 Å². The van der Waals surface area contributed by atoms with Gasteiger partial charge in [-0.05, 0) is 18.2 Å². The van der Waals surface area contributed by atoms with Gasteiger partial charge in [-0.1, -0.05) is 24.3 Å². The molecule has 7 heteroatoms. The molecule has 0 atom stereocenters. The third-order valence-electron chi connectivity index (χ3n) is 2.65. The van der Waals surface area contributed by atoms with Gasteiger partial charge in [-0.25, -0.2) is 4.39 Å². The van der Waals surface area contributed by atoms with Crippen LogP contribution in [0.4, 0.5) is 4.39 Å². The van der Waals surface area contributed by atoms with Gasteiger partial charge in [-0.3, -0.25) is 0 Å². The van der Waals surface area contributed by atoms with E-state index in [-0.39, 0.29) is 5.75 Å². The van der Waals surface area contributed by atoms with Crippen molar-refractivity contribution in [2.45, 2.75) is 0 Å². The minimum absolute atomic E-state index is 0.107. The predicted octanol–water partition coefficient (Wildman–Crippen LogP) is 2.35. The molecular weight excluding hydrogens is 283 g/mol. The summed E-state index contributed by atoms with van der Waals surface area (Å²) in [4.78, 5) is 0. The van der Waals surface area contributed by atoms with Gasteiger partial charge in [0.1, 0.15) is 11.6 Å². The first-order valence-electron chi connectivity index (χ1n) is 5.69. The molecule has 20 heavy (non-hydrogen) atoms. The lowest BCUT2D eigenvalue weighted by molar-refractivity contribution is 0.469. The van der Waals surface area contributed by atoms with E-state index in [9.17, 15) is 12.8 Å². The van der Waals surface area contributed by atoms with Gasteiger partial charge in [0.15, 0.2) is 0 Å². The van der Waals surface area contributed by atoms with Crippen molar-refractivity contribution in [3.8, 4) is 5.75 Å². The number of hydrogen-bond acceptors (Lipinski definition) is 4. The minimum atomic E-state index is -4.17. The monoisotopic (exact) mass is 292 g/mol. The summed E-state index contributed by atoms with van der Waals surface area (Å²) in [5.74, 6) is -0.687. The topological polar surface area (TPSA) is 61.2 Å². The first-order chi connectivity index (χ1) is 9.56. The second kappa shape index (κ2) is 4.61. The van der Waals surface area contributed by atoms with Crippen molar-refractivity contribution in [2.24, 2.45) is 0 Å². The van der Waals surface area contributed by atoms with E-state index < -0.39 is 16.1 Å². The van der Waals surface area contributed by atoms with Gasteiger partial charge in [0, 0.05) is 11.5 Å².